The highest BCUT2D eigenvalue weighted by atomic mass is 16.7. The monoisotopic (exact) mass is 373 g/mol. The van der Waals surface area contributed by atoms with Crippen LogP contribution < -0.4 is 10.1 Å². The molecular weight excluding hydrogens is 350 g/mol. The smallest absolute Gasteiger partial charge is 0.338 e. The summed E-state index contributed by atoms with van der Waals surface area (Å²) in [5, 5.41) is 2.85. The van der Waals surface area contributed by atoms with Gasteiger partial charge in [-0.05, 0) is 36.9 Å². The summed E-state index contributed by atoms with van der Waals surface area (Å²) in [5.41, 5.74) is 1.01. The van der Waals surface area contributed by atoms with Crippen LogP contribution in [0.5, 0.6) is 5.75 Å². The zero-order chi connectivity index (χ0) is 19.6. The van der Waals surface area contributed by atoms with Crippen molar-refractivity contribution in [3.05, 3.63) is 65.7 Å². The molecule has 2 aromatic rings. The summed E-state index contributed by atoms with van der Waals surface area (Å²) >= 11 is 0. The molecule has 2 rings (SSSR count). The molecule has 0 heterocycles. The van der Waals surface area contributed by atoms with Crippen molar-refractivity contribution in [2.45, 2.75) is 12.1 Å². The van der Waals surface area contributed by atoms with Crippen molar-refractivity contribution >= 4 is 11.9 Å². The van der Waals surface area contributed by atoms with Crippen LogP contribution in [0.25, 0.3) is 0 Å². The van der Waals surface area contributed by atoms with E-state index in [-0.39, 0.29) is 6.79 Å². The van der Waals surface area contributed by atoms with Gasteiger partial charge in [0.05, 0.1) is 12.7 Å². The highest BCUT2D eigenvalue weighted by molar-refractivity contribution is 5.90. The fourth-order valence-electron chi connectivity index (χ4n) is 2.49. The molecular formula is C20H23NO6. The predicted molar refractivity (Wildman–Crippen MR) is 98.4 cm³/mol. The summed E-state index contributed by atoms with van der Waals surface area (Å²) in [6, 6.07) is 14.6. The van der Waals surface area contributed by atoms with E-state index in [4.69, 9.17) is 18.9 Å². The standard InChI is InChI=1S/C20H23NO6/c1-21-17(20(23)25-3)18(27-19(22)15-7-5-4-6-8-15)14-9-11-16(12-10-14)26-13-24-2/h4-12,17-18,21H,13H2,1-3H3/t17-,18+/m1/s1. The van der Waals surface area contributed by atoms with Crippen LogP contribution in [0.1, 0.15) is 22.0 Å². The Kier molecular flexibility index (Phi) is 7.79. The zero-order valence-corrected chi connectivity index (χ0v) is 15.5. The average Bonchev–Trinajstić information content (AvgIpc) is 2.72. The first-order valence-electron chi connectivity index (χ1n) is 8.33. The van der Waals surface area contributed by atoms with E-state index in [0.717, 1.165) is 0 Å². The number of hydrogen-bond acceptors (Lipinski definition) is 7. The van der Waals surface area contributed by atoms with Crippen LogP contribution in [0.3, 0.4) is 0 Å². The molecule has 0 aliphatic heterocycles. The molecule has 0 saturated heterocycles. The topological polar surface area (TPSA) is 83.1 Å². The van der Waals surface area contributed by atoms with E-state index in [0.29, 0.717) is 16.9 Å². The van der Waals surface area contributed by atoms with E-state index in [9.17, 15) is 9.59 Å². The van der Waals surface area contributed by atoms with Gasteiger partial charge in [0.1, 0.15) is 11.8 Å². The Morgan fingerprint density at radius 3 is 2.22 bits per heavy atom. The fraction of sp³-hybridized carbons (Fsp3) is 0.300. The van der Waals surface area contributed by atoms with Gasteiger partial charge in [-0.25, -0.2) is 4.79 Å². The van der Waals surface area contributed by atoms with Gasteiger partial charge in [-0.15, -0.1) is 0 Å². The summed E-state index contributed by atoms with van der Waals surface area (Å²) < 4.78 is 20.7. The van der Waals surface area contributed by atoms with Gasteiger partial charge in [0.25, 0.3) is 0 Å². The number of hydrogen-bond donors (Lipinski definition) is 1. The minimum Gasteiger partial charge on any atom is -0.468 e. The Bertz CT molecular complexity index is 732. The minimum absolute atomic E-state index is 0.118. The Morgan fingerprint density at radius 1 is 1.00 bits per heavy atom. The van der Waals surface area contributed by atoms with Gasteiger partial charge in [-0.2, -0.15) is 0 Å². The molecule has 0 aliphatic rings. The Morgan fingerprint density at radius 2 is 1.67 bits per heavy atom. The van der Waals surface area contributed by atoms with Gasteiger partial charge >= 0.3 is 11.9 Å². The van der Waals surface area contributed by atoms with E-state index >= 15 is 0 Å². The number of esters is 2. The van der Waals surface area contributed by atoms with Crippen molar-refractivity contribution in [1.29, 1.82) is 0 Å². The van der Waals surface area contributed by atoms with E-state index < -0.39 is 24.1 Å². The van der Waals surface area contributed by atoms with Gasteiger partial charge in [-0.3, -0.25) is 4.79 Å². The molecule has 0 aliphatic carbocycles. The number of benzene rings is 2. The second-order valence-electron chi connectivity index (χ2n) is 5.60. The summed E-state index contributed by atoms with van der Waals surface area (Å²) in [4.78, 5) is 24.7. The summed E-state index contributed by atoms with van der Waals surface area (Å²) in [5.74, 6) is -0.486. The summed E-state index contributed by atoms with van der Waals surface area (Å²) in [7, 11) is 4.41. The third-order valence-corrected chi connectivity index (χ3v) is 3.86. The molecule has 2 atom stereocenters. The largest absolute Gasteiger partial charge is 0.468 e. The average molecular weight is 373 g/mol. The second kappa shape index (κ2) is 10.3. The fourth-order valence-corrected chi connectivity index (χ4v) is 2.49. The number of methoxy groups -OCH3 is 2. The van der Waals surface area contributed by atoms with Gasteiger partial charge < -0.3 is 24.3 Å². The quantitative estimate of drug-likeness (QED) is 0.533. The highest BCUT2D eigenvalue weighted by Gasteiger charge is 2.33. The molecule has 1 N–H and O–H groups in total. The van der Waals surface area contributed by atoms with Crippen molar-refractivity contribution < 1.29 is 28.5 Å². The Hall–Kier alpha value is -2.90. The summed E-state index contributed by atoms with van der Waals surface area (Å²) in [6.45, 7) is 0.118. The molecule has 0 radical (unpaired) electrons. The Balaban J connectivity index is 2.28. The van der Waals surface area contributed by atoms with Crippen LogP contribution in [-0.2, 0) is 19.0 Å². The van der Waals surface area contributed by atoms with Crippen molar-refractivity contribution in [3.8, 4) is 5.75 Å². The molecule has 7 nitrogen and oxygen atoms in total. The van der Waals surface area contributed by atoms with Crippen molar-refractivity contribution in [1.82, 2.24) is 5.32 Å². The lowest BCUT2D eigenvalue weighted by molar-refractivity contribution is -0.146. The van der Waals surface area contributed by atoms with Crippen LogP contribution >= 0.6 is 0 Å². The van der Waals surface area contributed by atoms with E-state index in [2.05, 4.69) is 5.32 Å². The van der Waals surface area contributed by atoms with Crippen molar-refractivity contribution in [2.24, 2.45) is 0 Å². The van der Waals surface area contributed by atoms with E-state index in [1.54, 1.807) is 61.6 Å². The van der Waals surface area contributed by atoms with Crippen LogP contribution in [0.2, 0.25) is 0 Å². The maximum absolute atomic E-state index is 12.5. The molecule has 0 fully saturated rings. The lowest BCUT2D eigenvalue weighted by atomic mass is 10.0. The van der Waals surface area contributed by atoms with Gasteiger partial charge in [0, 0.05) is 7.11 Å². The molecule has 0 bridgehead atoms. The highest BCUT2D eigenvalue weighted by Crippen LogP contribution is 2.26. The lowest BCUT2D eigenvalue weighted by Crippen LogP contribution is -2.42. The first-order chi connectivity index (χ1) is 13.1. The molecule has 2 aromatic carbocycles. The molecule has 27 heavy (non-hydrogen) atoms. The molecule has 0 amide bonds. The van der Waals surface area contributed by atoms with Crippen LogP contribution in [0.15, 0.2) is 54.6 Å². The number of ether oxygens (including phenoxy) is 4. The van der Waals surface area contributed by atoms with E-state index in [1.807, 2.05) is 0 Å². The SMILES string of the molecule is CN[C@@H](C(=O)OC)[C@@H](OC(=O)c1ccccc1)c1ccc(OCOC)cc1. The molecule has 0 saturated carbocycles. The molecule has 0 unspecified atom stereocenters. The molecule has 0 spiro atoms. The summed E-state index contributed by atoms with van der Waals surface area (Å²) in [6.07, 6.45) is -0.883. The number of nitrogens with one attached hydrogen (secondary N) is 1. The first kappa shape index (κ1) is 20.4. The van der Waals surface area contributed by atoms with Gasteiger partial charge in [-0.1, -0.05) is 30.3 Å². The molecule has 144 valence electrons. The third-order valence-electron chi connectivity index (χ3n) is 3.86. The minimum atomic E-state index is -0.883. The number of carbonyl (C=O) groups is 2. The molecule has 7 heteroatoms. The maximum Gasteiger partial charge on any atom is 0.338 e. The maximum atomic E-state index is 12.5. The van der Waals surface area contributed by atoms with Crippen LogP contribution in [0, 0.1) is 0 Å². The first-order valence-corrected chi connectivity index (χ1v) is 8.33. The van der Waals surface area contributed by atoms with Crippen molar-refractivity contribution in [3.63, 3.8) is 0 Å². The van der Waals surface area contributed by atoms with Crippen LogP contribution in [-0.4, -0.2) is 46.0 Å². The third kappa shape index (κ3) is 5.54. The predicted octanol–water partition coefficient (Wildman–Crippen LogP) is 2.33. The van der Waals surface area contributed by atoms with Gasteiger partial charge in [0.2, 0.25) is 0 Å². The Labute approximate surface area is 158 Å². The lowest BCUT2D eigenvalue weighted by Gasteiger charge is -2.25. The number of likely N-dealkylation sites (N-methyl/N-ethyl adjacent to an activating group) is 1. The van der Waals surface area contributed by atoms with Crippen molar-refractivity contribution in [2.75, 3.05) is 28.1 Å². The van der Waals surface area contributed by atoms with E-state index in [1.165, 1.54) is 14.2 Å². The normalized spacial score (nSPS) is 12.7. The van der Waals surface area contributed by atoms with Crippen LogP contribution in [0.4, 0.5) is 0 Å². The second-order valence-corrected chi connectivity index (χ2v) is 5.60. The zero-order valence-electron chi connectivity index (χ0n) is 15.5. The van der Waals surface area contributed by atoms with Gasteiger partial charge in [0.15, 0.2) is 12.9 Å². The molecule has 0 aromatic heterocycles. The number of carbonyl (C=O) groups excluding carboxylic acids is 2. The number of rotatable bonds is 9.